The lowest BCUT2D eigenvalue weighted by Crippen LogP contribution is -2.18. The average Bonchev–Trinajstić information content (AvgIpc) is 2.07. The fraction of sp³-hybridized carbons (Fsp3) is 0.500. The molecule has 1 aliphatic carbocycles. The molecule has 0 bridgehead atoms. The molecule has 1 rings (SSSR count). The van der Waals surface area contributed by atoms with Crippen molar-refractivity contribution in [1.82, 2.24) is 0 Å². The summed E-state index contributed by atoms with van der Waals surface area (Å²) in [5, 5.41) is 9.29. The van der Waals surface area contributed by atoms with Crippen molar-refractivity contribution in [3.63, 3.8) is 0 Å². The summed E-state index contributed by atoms with van der Waals surface area (Å²) in [6, 6.07) is 0. The van der Waals surface area contributed by atoms with E-state index in [9.17, 15) is 5.11 Å². The second kappa shape index (κ2) is 2.70. The predicted octanol–water partition coefficient (Wildman–Crippen LogP) is 1.11. The zero-order valence-corrected chi connectivity index (χ0v) is 7.78. The van der Waals surface area contributed by atoms with Crippen molar-refractivity contribution in [1.29, 1.82) is 0 Å². The van der Waals surface area contributed by atoms with Crippen LogP contribution in [-0.2, 0) is 0 Å². The van der Waals surface area contributed by atoms with Gasteiger partial charge in [0.05, 0.1) is 15.8 Å². The van der Waals surface area contributed by atoms with Gasteiger partial charge >= 0.3 is 0 Å². The Morgan fingerprint density at radius 1 is 1.20 bits per heavy atom. The highest BCUT2D eigenvalue weighted by Gasteiger charge is 2.35. The molecule has 0 heterocycles. The minimum Gasteiger partial charge on any atom is -0.387 e. The summed E-state index contributed by atoms with van der Waals surface area (Å²) in [5.74, 6) is -0.0602. The highest BCUT2D eigenvalue weighted by atomic mass is 32.1. The SMILES string of the molecule is CC1C(=S)C(=S)C(=S)C1O. The Morgan fingerprint density at radius 3 is 1.80 bits per heavy atom. The van der Waals surface area contributed by atoms with Gasteiger partial charge in [0.15, 0.2) is 0 Å². The molecule has 0 amide bonds. The fourth-order valence-corrected chi connectivity index (χ4v) is 1.76. The van der Waals surface area contributed by atoms with Crippen LogP contribution in [0.2, 0.25) is 0 Å². The molecule has 1 N–H and O–H groups in total. The van der Waals surface area contributed by atoms with Gasteiger partial charge in [-0.3, -0.25) is 0 Å². The van der Waals surface area contributed by atoms with Crippen molar-refractivity contribution in [2.24, 2.45) is 5.92 Å². The zero-order chi connectivity index (χ0) is 7.89. The molecule has 0 aromatic heterocycles. The largest absolute Gasteiger partial charge is 0.387 e. The van der Waals surface area contributed by atoms with E-state index < -0.39 is 6.10 Å². The van der Waals surface area contributed by atoms with E-state index in [1.54, 1.807) is 0 Å². The molecule has 2 unspecified atom stereocenters. The first kappa shape index (κ1) is 8.33. The lowest BCUT2D eigenvalue weighted by atomic mass is 10.1. The molecule has 1 aliphatic rings. The first-order valence-electron chi connectivity index (χ1n) is 2.86. The van der Waals surface area contributed by atoms with E-state index in [1.165, 1.54) is 0 Å². The van der Waals surface area contributed by atoms with Gasteiger partial charge < -0.3 is 5.11 Å². The minimum absolute atomic E-state index is 0.0602. The van der Waals surface area contributed by atoms with E-state index in [0.717, 1.165) is 0 Å². The van der Waals surface area contributed by atoms with Gasteiger partial charge in [0.25, 0.3) is 0 Å². The Kier molecular flexibility index (Phi) is 2.24. The van der Waals surface area contributed by atoms with Crippen molar-refractivity contribution >= 4 is 51.2 Å². The van der Waals surface area contributed by atoms with Crippen LogP contribution in [-0.4, -0.2) is 25.8 Å². The molecule has 1 fully saturated rings. The van der Waals surface area contributed by atoms with E-state index in [-0.39, 0.29) is 5.92 Å². The number of aliphatic hydroxyl groups is 1. The predicted molar refractivity (Wildman–Crippen MR) is 53.0 cm³/mol. The summed E-state index contributed by atoms with van der Waals surface area (Å²) >= 11 is 14.6. The summed E-state index contributed by atoms with van der Waals surface area (Å²) in [5.41, 5.74) is 0. The molecule has 10 heavy (non-hydrogen) atoms. The van der Waals surface area contributed by atoms with Crippen molar-refractivity contribution < 1.29 is 5.11 Å². The smallest absolute Gasteiger partial charge is 0.0979 e. The maximum atomic E-state index is 9.29. The fourth-order valence-electron chi connectivity index (χ4n) is 0.833. The van der Waals surface area contributed by atoms with Crippen molar-refractivity contribution in [3.8, 4) is 0 Å². The lowest BCUT2D eigenvalue weighted by molar-refractivity contribution is 0.221. The third-order valence-electron chi connectivity index (χ3n) is 1.60. The van der Waals surface area contributed by atoms with E-state index in [1.807, 2.05) is 6.92 Å². The third-order valence-corrected chi connectivity index (χ3v) is 3.32. The van der Waals surface area contributed by atoms with Crippen LogP contribution in [0.5, 0.6) is 0 Å². The van der Waals surface area contributed by atoms with E-state index >= 15 is 0 Å². The molecule has 54 valence electrons. The highest BCUT2D eigenvalue weighted by Crippen LogP contribution is 2.19. The Hall–Kier alpha value is 0.230. The van der Waals surface area contributed by atoms with Crippen molar-refractivity contribution in [3.05, 3.63) is 0 Å². The summed E-state index contributed by atoms with van der Waals surface area (Å²) in [4.78, 5) is 1.57. The molecule has 0 radical (unpaired) electrons. The molecule has 1 nitrogen and oxygen atoms in total. The van der Waals surface area contributed by atoms with E-state index in [2.05, 4.69) is 0 Å². The Bertz CT molecular complexity index is 199. The van der Waals surface area contributed by atoms with Crippen LogP contribution in [0.1, 0.15) is 6.92 Å². The van der Waals surface area contributed by atoms with Crippen molar-refractivity contribution in [2.45, 2.75) is 13.0 Å². The summed E-state index contributed by atoms with van der Waals surface area (Å²) < 4.78 is 0. The molecule has 0 aromatic carbocycles. The van der Waals surface area contributed by atoms with Crippen LogP contribution in [0, 0.1) is 5.92 Å². The zero-order valence-electron chi connectivity index (χ0n) is 5.33. The number of hydrogen-bond donors (Lipinski definition) is 1. The third kappa shape index (κ3) is 1.05. The van der Waals surface area contributed by atoms with Gasteiger partial charge in [-0.15, -0.1) is 0 Å². The molecule has 0 aromatic rings. The molecule has 0 aliphatic heterocycles. The second-order valence-corrected chi connectivity index (χ2v) is 3.58. The molecular weight excluding hydrogens is 184 g/mol. The molecule has 0 spiro atoms. The Labute approximate surface area is 75.4 Å². The van der Waals surface area contributed by atoms with Crippen molar-refractivity contribution in [2.75, 3.05) is 0 Å². The van der Waals surface area contributed by atoms with Crippen LogP contribution in [0.3, 0.4) is 0 Å². The maximum absolute atomic E-state index is 9.29. The molecule has 4 heteroatoms. The van der Waals surface area contributed by atoms with Gasteiger partial charge in [-0.1, -0.05) is 43.6 Å². The quantitative estimate of drug-likeness (QED) is 0.577. The molecule has 0 saturated heterocycles. The molecule has 2 atom stereocenters. The van der Waals surface area contributed by atoms with Gasteiger partial charge in [-0.2, -0.15) is 0 Å². The average molecular weight is 190 g/mol. The standard InChI is InChI=1S/C6H6OS3/c1-2-3(7)5(9)6(10)4(2)8/h2-3,7H,1H3. The van der Waals surface area contributed by atoms with Gasteiger partial charge in [0.2, 0.25) is 0 Å². The van der Waals surface area contributed by atoms with Crippen LogP contribution in [0.25, 0.3) is 0 Å². The van der Waals surface area contributed by atoms with Crippen LogP contribution < -0.4 is 0 Å². The highest BCUT2D eigenvalue weighted by molar-refractivity contribution is 7.95. The topological polar surface area (TPSA) is 20.2 Å². The summed E-state index contributed by atoms with van der Waals surface area (Å²) in [6.45, 7) is 1.83. The van der Waals surface area contributed by atoms with Crippen LogP contribution >= 0.6 is 36.7 Å². The van der Waals surface area contributed by atoms with Gasteiger partial charge in [0.1, 0.15) is 0 Å². The number of thiocarbonyl (C=S) groups is 3. The lowest BCUT2D eigenvalue weighted by Gasteiger charge is -2.04. The monoisotopic (exact) mass is 190 g/mol. The normalized spacial score (nSPS) is 33.6. The Morgan fingerprint density at radius 2 is 1.70 bits per heavy atom. The van der Waals surface area contributed by atoms with Gasteiger partial charge in [-0.05, 0) is 0 Å². The van der Waals surface area contributed by atoms with E-state index in [4.69, 9.17) is 36.7 Å². The van der Waals surface area contributed by atoms with Crippen LogP contribution in [0.15, 0.2) is 0 Å². The van der Waals surface area contributed by atoms with Gasteiger partial charge in [0, 0.05) is 10.8 Å². The molecule has 1 saturated carbocycles. The first-order chi connectivity index (χ1) is 4.55. The molecular formula is C6H6OS3. The number of hydrogen-bond acceptors (Lipinski definition) is 4. The number of rotatable bonds is 0. The second-order valence-electron chi connectivity index (χ2n) is 2.29. The number of aliphatic hydroxyl groups excluding tert-OH is 1. The maximum Gasteiger partial charge on any atom is 0.0979 e. The van der Waals surface area contributed by atoms with Crippen LogP contribution in [0.4, 0.5) is 0 Å². The minimum atomic E-state index is -0.616. The first-order valence-corrected chi connectivity index (χ1v) is 4.08. The summed E-state index contributed by atoms with van der Waals surface area (Å²) in [6.07, 6.45) is -0.616. The summed E-state index contributed by atoms with van der Waals surface area (Å²) in [7, 11) is 0. The Balaban J connectivity index is 3.00. The van der Waals surface area contributed by atoms with E-state index in [0.29, 0.717) is 14.6 Å². The van der Waals surface area contributed by atoms with Gasteiger partial charge in [-0.25, -0.2) is 0 Å².